The molecule has 0 radical (unpaired) electrons. The normalized spacial score (nSPS) is 16.5. The molecule has 1 aliphatic rings. The van der Waals surface area contributed by atoms with Gasteiger partial charge in [-0.25, -0.2) is 13.1 Å². The predicted molar refractivity (Wildman–Crippen MR) is 117 cm³/mol. The molecule has 1 atom stereocenters. The monoisotopic (exact) mass is 429 g/mol. The number of carbonyl (C=O) groups is 2. The second-order valence-corrected chi connectivity index (χ2v) is 10.1. The van der Waals surface area contributed by atoms with Gasteiger partial charge in [0.05, 0.1) is 5.69 Å². The Labute approximate surface area is 177 Å². The summed E-state index contributed by atoms with van der Waals surface area (Å²) in [5, 5.41) is 5.56. The van der Waals surface area contributed by atoms with E-state index in [4.69, 9.17) is 0 Å². The Morgan fingerprint density at radius 2 is 1.77 bits per heavy atom. The van der Waals surface area contributed by atoms with Crippen LogP contribution in [0.4, 0.5) is 11.4 Å². The molecule has 1 aliphatic heterocycles. The number of amides is 2. The summed E-state index contributed by atoms with van der Waals surface area (Å²) < 4.78 is 28.0. The van der Waals surface area contributed by atoms with Gasteiger partial charge in [0.15, 0.2) is 0 Å². The molecular formula is C22H27N3O4S. The Bertz CT molecular complexity index is 1060. The Morgan fingerprint density at radius 3 is 2.50 bits per heavy atom. The quantitative estimate of drug-likeness (QED) is 0.655. The molecule has 0 aliphatic carbocycles. The second-order valence-electron chi connectivity index (χ2n) is 8.49. The average molecular weight is 430 g/mol. The Hall–Kier alpha value is -2.71. The average Bonchev–Trinajstić information content (AvgIpc) is 2.65. The number of rotatable bonds is 6. The van der Waals surface area contributed by atoms with Crippen LogP contribution in [0.5, 0.6) is 0 Å². The lowest BCUT2D eigenvalue weighted by Crippen LogP contribution is -2.40. The zero-order chi connectivity index (χ0) is 21.9. The van der Waals surface area contributed by atoms with Crippen molar-refractivity contribution in [3.05, 3.63) is 54.1 Å². The van der Waals surface area contributed by atoms with Crippen molar-refractivity contribution in [3.63, 3.8) is 0 Å². The predicted octanol–water partition coefficient (Wildman–Crippen LogP) is 3.29. The highest BCUT2D eigenvalue weighted by molar-refractivity contribution is 7.89. The summed E-state index contributed by atoms with van der Waals surface area (Å²) in [5.41, 5.74) is 1.43. The van der Waals surface area contributed by atoms with Crippen LogP contribution >= 0.6 is 0 Å². The van der Waals surface area contributed by atoms with E-state index in [-0.39, 0.29) is 34.7 Å². The highest BCUT2D eigenvalue weighted by Gasteiger charge is 2.27. The van der Waals surface area contributed by atoms with Crippen LogP contribution in [0.25, 0.3) is 0 Å². The van der Waals surface area contributed by atoms with Gasteiger partial charge in [0.2, 0.25) is 21.8 Å². The smallest absolute Gasteiger partial charge is 0.243 e. The SMILES string of the molecule is CC(C)(C)NS(=O)(=O)c1ccccc1NC(=O)CCC1Cc2ccccc2NC1=O. The summed E-state index contributed by atoms with van der Waals surface area (Å²) in [7, 11) is -3.80. The van der Waals surface area contributed by atoms with Crippen molar-refractivity contribution in [1.29, 1.82) is 0 Å². The first-order valence-electron chi connectivity index (χ1n) is 9.87. The van der Waals surface area contributed by atoms with Gasteiger partial charge in [-0.15, -0.1) is 0 Å². The van der Waals surface area contributed by atoms with Crippen molar-refractivity contribution < 1.29 is 18.0 Å². The summed E-state index contributed by atoms with van der Waals surface area (Å²) in [5.74, 6) is -0.730. The molecule has 0 saturated carbocycles. The maximum Gasteiger partial charge on any atom is 0.243 e. The molecule has 3 N–H and O–H groups in total. The van der Waals surface area contributed by atoms with E-state index >= 15 is 0 Å². The van der Waals surface area contributed by atoms with E-state index in [0.29, 0.717) is 12.8 Å². The van der Waals surface area contributed by atoms with Gasteiger partial charge in [0, 0.05) is 23.6 Å². The Balaban J connectivity index is 1.66. The number of carbonyl (C=O) groups excluding carboxylic acids is 2. The summed E-state index contributed by atoms with van der Waals surface area (Å²) in [6.07, 6.45) is 1.07. The first-order chi connectivity index (χ1) is 14.0. The third-order valence-electron chi connectivity index (χ3n) is 4.72. The largest absolute Gasteiger partial charge is 0.326 e. The van der Waals surface area contributed by atoms with E-state index in [2.05, 4.69) is 15.4 Å². The van der Waals surface area contributed by atoms with Crippen LogP contribution in [-0.2, 0) is 26.0 Å². The molecule has 0 saturated heterocycles. The third kappa shape index (κ3) is 5.46. The molecule has 0 bridgehead atoms. The molecular weight excluding hydrogens is 402 g/mol. The topological polar surface area (TPSA) is 104 Å². The van der Waals surface area contributed by atoms with Crippen LogP contribution in [0, 0.1) is 5.92 Å². The van der Waals surface area contributed by atoms with Crippen molar-refractivity contribution >= 4 is 33.2 Å². The van der Waals surface area contributed by atoms with Gasteiger partial charge in [-0.1, -0.05) is 30.3 Å². The van der Waals surface area contributed by atoms with E-state index in [1.807, 2.05) is 24.3 Å². The van der Waals surface area contributed by atoms with Crippen LogP contribution < -0.4 is 15.4 Å². The molecule has 8 heteroatoms. The molecule has 1 heterocycles. The second kappa shape index (κ2) is 8.57. The lowest BCUT2D eigenvalue weighted by molar-refractivity contribution is -0.121. The Kier molecular flexibility index (Phi) is 6.28. The number of sulfonamides is 1. The fourth-order valence-corrected chi connectivity index (χ4v) is 5.01. The number of hydrogen-bond donors (Lipinski definition) is 3. The maximum absolute atomic E-state index is 12.7. The minimum atomic E-state index is -3.80. The van der Waals surface area contributed by atoms with E-state index < -0.39 is 15.6 Å². The minimum absolute atomic E-state index is 0.0117. The number of benzene rings is 2. The van der Waals surface area contributed by atoms with Crippen LogP contribution in [0.2, 0.25) is 0 Å². The van der Waals surface area contributed by atoms with E-state index in [0.717, 1.165) is 11.3 Å². The first-order valence-corrected chi connectivity index (χ1v) is 11.3. The highest BCUT2D eigenvalue weighted by atomic mass is 32.2. The van der Waals surface area contributed by atoms with Crippen molar-refractivity contribution in [2.75, 3.05) is 10.6 Å². The standard InChI is InChI=1S/C22H27N3O4S/c1-22(2,3)25-30(28,29)19-11-7-6-10-18(19)23-20(26)13-12-16-14-15-8-4-5-9-17(15)24-21(16)27/h4-11,16,25H,12-14H2,1-3H3,(H,23,26)(H,24,27). The highest BCUT2D eigenvalue weighted by Crippen LogP contribution is 2.28. The van der Waals surface area contributed by atoms with Crippen LogP contribution in [0.15, 0.2) is 53.4 Å². The van der Waals surface area contributed by atoms with Gasteiger partial charge in [-0.05, 0) is 57.4 Å². The fraction of sp³-hybridized carbons (Fsp3) is 0.364. The summed E-state index contributed by atoms with van der Waals surface area (Å²) in [6, 6.07) is 13.9. The van der Waals surface area contributed by atoms with Crippen LogP contribution in [-0.4, -0.2) is 25.8 Å². The van der Waals surface area contributed by atoms with Crippen molar-refractivity contribution in [2.45, 2.75) is 50.5 Å². The lowest BCUT2D eigenvalue weighted by Gasteiger charge is -2.24. The van der Waals surface area contributed by atoms with Crippen LogP contribution in [0.3, 0.4) is 0 Å². The van der Waals surface area contributed by atoms with Gasteiger partial charge in [-0.2, -0.15) is 0 Å². The molecule has 2 aromatic carbocycles. The summed E-state index contributed by atoms with van der Waals surface area (Å²) in [4.78, 5) is 24.8. The number of anilines is 2. The Morgan fingerprint density at radius 1 is 1.10 bits per heavy atom. The number of para-hydroxylation sites is 2. The summed E-state index contributed by atoms with van der Waals surface area (Å²) in [6.45, 7) is 5.25. The van der Waals surface area contributed by atoms with Gasteiger partial charge < -0.3 is 10.6 Å². The molecule has 0 fully saturated rings. The van der Waals surface area contributed by atoms with Crippen molar-refractivity contribution in [2.24, 2.45) is 5.92 Å². The van der Waals surface area contributed by atoms with E-state index in [1.165, 1.54) is 6.07 Å². The van der Waals surface area contributed by atoms with Gasteiger partial charge in [-0.3, -0.25) is 9.59 Å². The molecule has 2 aromatic rings. The molecule has 2 amide bonds. The molecule has 3 rings (SSSR count). The van der Waals surface area contributed by atoms with Gasteiger partial charge >= 0.3 is 0 Å². The zero-order valence-electron chi connectivity index (χ0n) is 17.4. The van der Waals surface area contributed by atoms with Crippen molar-refractivity contribution in [1.82, 2.24) is 4.72 Å². The van der Waals surface area contributed by atoms with Crippen LogP contribution in [0.1, 0.15) is 39.2 Å². The maximum atomic E-state index is 12.7. The molecule has 0 spiro atoms. The number of hydrogen-bond acceptors (Lipinski definition) is 4. The molecule has 160 valence electrons. The minimum Gasteiger partial charge on any atom is -0.326 e. The zero-order valence-corrected chi connectivity index (χ0v) is 18.2. The molecule has 7 nitrogen and oxygen atoms in total. The summed E-state index contributed by atoms with van der Waals surface area (Å²) >= 11 is 0. The fourth-order valence-electron chi connectivity index (χ4n) is 3.43. The molecule has 1 unspecified atom stereocenters. The third-order valence-corrected chi connectivity index (χ3v) is 6.54. The van der Waals surface area contributed by atoms with Gasteiger partial charge in [0.1, 0.15) is 4.90 Å². The van der Waals surface area contributed by atoms with Crippen molar-refractivity contribution in [3.8, 4) is 0 Å². The lowest BCUT2D eigenvalue weighted by atomic mass is 9.89. The number of nitrogens with one attached hydrogen (secondary N) is 3. The molecule has 0 aromatic heterocycles. The molecule has 30 heavy (non-hydrogen) atoms. The number of fused-ring (bicyclic) bond motifs is 1. The van der Waals surface area contributed by atoms with E-state index in [1.54, 1.807) is 39.0 Å². The van der Waals surface area contributed by atoms with E-state index in [9.17, 15) is 18.0 Å². The van der Waals surface area contributed by atoms with Gasteiger partial charge in [0.25, 0.3) is 0 Å². The first kappa shape index (κ1) is 22.0.